The molecule has 2 N–H and O–H groups in total. The van der Waals surface area contributed by atoms with Gasteiger partial charge in [-0.1, -0.05) is 26.7 Å². The smallest absolute Gasteiger partial charge is 0.338 e. The molecule has 8 nitrogen and oxygen atoms in total. The maximum Gasteiger partial charge on any atom is 0.338 e. The van der Waals surface area contributed by atoms with Gasteiger partial charge < -0.3 is 5.11 Å². The van der Waals surface area contributed by atoms with Crippen LogP contribution in [0.25, 0.3) is 10.9 Å². The minimum absolute atomic E-state index is 0.0429. The number of anilines is 1. The first-order chi connectivity index (χ1) is 13.0. The van der Waals surface area contributed by atoms with Crippen molar-refractivity contribution in [1.29, 1.82) is 0 Å². The van der Waals surface area contributed by atoms with Crippen LogP contribution in [0.15, 0.2) is 18.2 Å². The highest BCUT2D eigenvalue weighted by atomic mass is 32.2. The van der Waals surface area contributed by atoms with Crippen molar-refractivity contribution in [2.75, 3.05) is 16.2 Å². The number of carboxylic acid groups (broad SMARTS) is 1. The Morgan fingerprint density at radius 2 is 1.68 bits per heavy atom. The number of aromatic carboxylic acids is 1. The first-order valence-electron chi connectivity index (χ1n) is 9.16. The predicted molar refractivity (Wildman–Crippen MR) is 110 cm³/mol. The molecule has 156 valence electrons. The number of benzene rings is 1. The van der Waals surface area contributed by atoms with Crippen molar-refractivity contribution in [3.8, 4) is 0 Å². The van der Waals surface area contributed by atoms with Gasteiger partial charge in [0.2, 0.25) is 20.0 Å². The molecular weight excluding hydrogens is 404 g/mol. The van der Waals surface area contributed by atoms with E-state index in [0.717, 1.165) is 10.4 Å². The topological polar surface area (TPSA) is 123 Å². The second kappa shape index (κ2) is 8.52. The monoisotopic (exact) mass is 430 g/mol. The second-order valence-corrected chi connectivity index (χ2v) is 10.5. The number of fused-ring (bicyclic) bond motifs is 1. The van der Waals surface area contributed by atoms with Gasteiger partial charge in [-0.15, -0.1) is 0 Å². The molecule has 2 rings (SSSR count). The van der Waals surface area contributed by atoms with E-state index in [4.69, 9.17) is 0 Å². The number of carbonyl (C=O) groups is 1. The maximum absolute atomic E-state index is 12.8. The first-order valence-corrected chi connectivity index (χ1v) is 12.4. The molecule has 1 aromatic carbocycles. The zero-order valence-corrected chi connectivity index (χ0v) is 17.9. The summed E-state index contributed by atoms with van der Waals surface area (Å²) in [5, 5.41) is 9.79. The summed E-state index contributed by atoms with van der Waals surface area (Å²) in [6.07, 6.45) is 2.37. The van der Waals surface area contributed by atoms with E-state index >= 15 is 0 Å². The normalized spacial score (nSPS) is 12.4. The van der Waals surface area contributed by atoms with Crippen molar-refractivity contribution in [2.45, 2.75) is 46.5 Å². The highest BCUT2D eigenvalue weighted by molar-refractivity contribution is 7.92. The number of hydrogen-bond donors (Lipinski definition) is 2. The van der Waals surface area contributed by atoms with Gasteiger partial charge in [0.15, 0.2) is 0 Å². The van der Waals surface area contributed by atoms with Crippen molar-refractivity contribution in [3.05, 3.63) is 29.5 Å². The molecule has 1 aromatic heterocycles. The van der Waals surface area contributed by atoms with E-state index in [0.29, 0.717) is 19.3 Å². The summed E-state index contributed by atoms with van der Waals surface area (Å²) in [4.78, 5) is 11.8. The molecule has 0 amide bonds. The van der Waals surface area contributed by atoms with Crippen LogP contribution in [-0.2, 0) is 20.0 Å². The molecule has 2 aromatic rings. The van der Waals surface area contributed by atoms with Crippen molar-refractivity contribution < 1.29 is 26.7 Å². The SMILES string of the molecule is CCCCS(=O)(=O)Nc1ccc2c(c1)c(C(=O)O)c(C)n2S(=O)(=O)CCCC. The summed E-state index contributed by atoms with van der Waals surface area (Å²) < 4.78 is 53.3. The fourth-order valence-corrected chi connectivity index (χ4v) is 6.13. The lowest BCUT2D eigenvalue weighted by atomic mass is 10.1. The molecule has 0 unspecified atom stereocenters. The van der Waals surface area contributed by atoms with Crippen LogP contribution in [0.4, 0.5) is 5.69 Å². The number of nitrogens with zero attached hydrogens (tertiary/aromatic N) is 1. The van der Waals surface area contributed by atoms with Crippen LogP contribution in [-0.4, -0.2) is 43.4 Å². The molecular formula is C18H26N2O6S2. The largest absolute Gasteiger partial charge is 0.478 e. The van der Waals surface area contributed by atoms with E-state index in [2.05, 4.69) is 4.72 Å². The molecule has 0 spiro atoms. The number of nitrogens with one attached hydrogen (secondary N) is 1. The minimum atomic E-state index is -3.74. The van der Waals surface area contributed by atoms with Crippen LogP contribution in [0.5, 0.6) is 0 Å². The van der Waals surface area contributed by atoms with Crippen LogP contribution in [0.2, 0.25) is 0 Å². The van der Waals surface area contributed by atoms with E-state index in [1.807, 2.05) is 13.8 Å². The third-order valence-corrected chi connectivity index (χ3v) is 7.64. The van der Waals surface area contributed by atoms with Gasteiger partial charge in [0.05, 0.1) is 22.6 Å². The Balaban J connectivity index is 2.62. The van der Waals surface area contributed by atoms with Gasteiger partial charge in [-0.3, -0.25) is 4.72 Å². The van der Waals surface area contributed by atoms with Gasteiger partial charge in [-0.25, -0.2) is 25.6 Å². The highest BCUT2D eigenvalue weighted by Gasteiger charge is 2.26. The van der Waals surface area contributed by atoms with E-state index in [1.165, 1.54) is 25.1 Å². The first kappa shape index (κ1) is 22.2. The summed E-state index contributed by atoms with van der Waals surface area (Å²) in [6, 6.07) is 4.26. The lowest BCUT2D eigenvalue weighted by Gasteiger charge is -2.10. The fraction of sp³-hybridized carbons (Fsp3) is 0.500. The Morgan fingerprint density at radius 1 is 1.07 bits per heavy atom. The molecule has 0 bridgehead atoms. The maximum atomic E-state index is 12.8. The average molecular weight is 431 g/mol. The molecule has 10 heteroatoms. The lowest BCUT2D eigenvalue weighted by Crippen LogP contribution is -2.18. The molecule has 0 aliphatic rings. The number of sulfonamides is 1. The summed E-state index contributed by atoms with van der Waals surface area (Å²) in [6.45, 7) is 5.19. The van der Waals surface area contributed by atoms with Crippen LogP contribution in [0, 0.1) is 6.92 Å². The number of carboxylic acids is 1. The molecule has 0 aliphatic carbocycles. The van der Waals surface area contributed by atoms with Crippen LogP contribution in [0.3, 0.4) is 0 Å². The van der Waals surface area contributed by atoms with Crippen LogP contribution >= 0.6 is 0 Å². The van der Waals surface area contributed by atoms with Crippen molar-refractivity contribution in [3.63, 3.8) is 0 Å². The summed E-state index contributed by atoms with van der Waals surface area (Å²) in [7, 11) is -7.30. The number of unbranched alkanes of at least 4 members (excludes halogenated alkanes) is 2. The van der Waals surface area contributed by atoms with Gasteiger partial charge >= 0.3 is 5.97 Å². The molecule has 0 atom stereocenters. The van der Waals surface area contributed by atoms with E-state index in [1.54, 1.807) is 0 Å². The van der Waals surface area contributed by atoms with Crippen LogP contribution in [0.1, 0.15) is 55.6 Å². The Bertz CT molecular complexity index is 1080. The standard InChI is InChI=1S/C18H26N2O6S2/c1-4-6-10-27(23,24)19-14-8-9-16-15(12-14)17(18(21)22)13(3)20(16)28(25,26)11-7-5-2/h8-9,12,19H,4-7,10-11H2,1-3H3,(H,21,22). The minimum Gasteiger partial charge on any atom is -0.478 e. The molecule has 28 heavy (non-hydrogen) atoms. The number of aromatic nitrogens is 1. The highest BCUT2D eigenvalue weighted by Crippen LogP contribution is 2.31. The Kier molecular flexibility index (Phi) is 6.76. The van der Waals surface area contributed by atoms with E-state index in [9.17, 15) is 26.7 Å². The Labute approximate surface area is 165 Å². The molecule has 0 saturated heterocycles. The number of hydrogen-bond acceptors (Lipinski definition) is 5. The molecule has 1 heterocycles. The van der Waals surface area contributed by atoms with Gasteiger partial charge in [0.1, 0.15) is 0 Å². The quantitative estimate of drug-likeness (QED) is 0.597. The Hall–Kier alpha value is -2.07. The third-order valence-electron chi connectivity index (χ3n) is 4.44. The van der Waals surface area contributed by atoms with E-state index < -0.39 is 26.0 Å². The number of rotatable bonds is 10. The fourth-order valence-electron chi connectivity index (χ4n) is 3.07. The third kappa shape index (κ3) is 4.67. The second-order valence-electron chi connectivity index (χ2n) is 6.71. The van der Waals surface area contributed by atoms with Crippen LogP contribution < -0.4 is 4.72 Å². The van der Waals surface area contributed by atoms with Gasteiger partial charge in [-0.05, 0) is 38.0 Å². The summed E-state index contributed by atoms with van der Waals surface area (Å²) >= 11 is 0. The average Bonchev–Trinajstić information content (AvgIpc) is 2.90. The van der Waals surface area contributed by atoms with E-state index in [-0.39, 0.29) is 39.4 Å². The Morgan fingerprint density at radius 3 is 2.25 bits per heavy atom. The molecule has 0 radical (unpaired) electrons. The van der Waals surface area contributed by atoms with Gasteiger partial charge in [0, 0.05) is 16.8 Å². The summed E-state index contributed by atoms with van der Waals surface area (Å²) in [5.74, 6) is -1.41. The van der Waals surface area contributed by atoms with Gasteiger partial charge in [-0.2, -0.15) is 0 Å². The molecule has 0 aliphatic heterocycles. The zero-order chi connectivity index (χ0) is 21.1. The molecule has 0 fully saturated rings. The van der Waals surface area contributed by atoms with Crippen molar-refractivity contribution >= 4 is 42.6 Å². The van der Waals surface area contributed by atoms with Gasteiger partial charge in [0.25, 0.3) is 0 Å². The predicted octanol–water partition coefficient (Wildman–Crippen LogP) is 3.17. The zero-order valence-electron chi connectivity index (χ0n) is 16.2. The lowest BCUT2D eigenvalue weighted by molar-refractivity contribution is 0.0698. The van der Waals surface area contributed by atoms with Crippen molar-refractivity contribution in [2.24, 2.45) is 0 Å². The summed E-state index contributed by atoms with van der Waals surface area (Å²) in [5.41, 5.74) is 0.381. The van der Waals surface area contributed by atoms with Crippen molar-refractivity contribution in [1.82, 2.24) is 3.97 Å². The molecule has 0 saturated carbocycles.